The van der Waals surface area contributed by atoms with Crippen LogP contribution in [0.4, 0.5) is 5.69 Å². The van der Waals surface area contributed by atoms with E-state index in [9.17, 15) is 4.79 Å². The standard InChI is InChI=1S/C17H17N5O3/c1-10-9-22(14-7-12(24-3)4-5-15(14)25-10)17(23)11-6-13-16(18-8-11)21(2)20-19-13/h4-8,10H,9H2,1-3H3. The molecule has 1 amide bonds. The van der Waals surface area contributed by atoms with Crippen molar-refractivity contribution in [3.05, 3.63) is 36.0 Å². The summed E-state index contributed by atoms with van der Waals surface area (Å²) in [7, 11) is 3.35. The van der Waals surface area contributed by atoms with E-state index in [0.717, 1.165) is 0 Å². The number of anilines is 1. The van der Waals surface area contributed by atoms with Gasteiger partial charge >= 0.3 is 0 Å². The first-order valence-corrected chi connectivity index (χ1v) is 7.89. The minimum absolute atomic E-state index is 0.113. The van der Waals surface area contributed by atoms with Crippen molar-refractivity contribution in [2.24, 2.45) is 7.05 Å². The molecule has 0 aliphatic carbocycles. The smallest absolute Gasteiger partial charge is 0.260 e. The Morgan fingerprint density at radius 2 is 2.20 bits per heavy atom. The fourth-order valence-electron chi connectivity index (χ4n) is 2.94. The van der Waals surface area contributed by atoms with Crippen LogP contribution in [0.15, 0.2) is 30.5 Å². The SMILES string of the molecule is COc1ccc2c(c1)N(C(=O)c1cnc3c(c1)nnn3C)CC(C)O2. The Morgan fingerprint density at radius 3 is 3.00 bits per heavy atom. The number of pyridine rings is 1. The van der Waals surface area contributed by atoms with Gasteiger partial charge in [0.1, 0.15) is 23.1 Å². The number of aromatic nitrogens is 4. The first-order valence-electron chi connectivity index (χ1n) is 7.89. The molecule has 3 aromatic rings. The van der Waals surface area contributed by atoms with Crippen LogP contribution in [0.2, 0.25) is 0 Å². The summed E-state index contributed by atoms with van der Waals surface area (Å²) in [6.07, 6.45) is 1.44. The number of rotatable bonds is 2. The number of fused-ring (bicyclic) bond motifs is 2. The molecule has 0 bridgehead atoms. The summed E-state index contributed by atoms with van der Waals surface area (Å²) in [5.41, 5.74) is 2.35. The van der Waals surface area contributed by atoms with Gasteiger partial charge in [-0.15, -0.1) is 5.10 Å². The number of ether oxygens (including phenoxy) is 2. The van der Waals surface area contributed by atoms with Gasteiger partial charge in [-0.3, -0.25) is 4.79 Å². The number of hydrogen-bond acceptors (Lipinski definition) is 6. The lowest BCUT2D eigenvalue weighted by atomic mass is 10.1. The normalized spacial score (nSPS) is 16.4. The quantitative estimate of drug-likeness (QED) is 0.708. The van der Waals surface area contributed by atoms with Crippen LogP contribution in [-0.4, -0.2) is 45.6 Å². The molecule has 0 saturated heterocycles. The number of amides is 1. The van der Waals surface area contributed by atoms with Gasteiger partial charge in [-0.05, 0) is 25.1 Å². The summed E-state index contributed by atoms with van der Waals surface area (Å²) in [5, 5.41) is 7.95. The van der Waals surface area contributed by atoms with Gasteiger partial charge in [-0.1, -0.05) is 5.21 Å². The molecule has 128 valence electrons. The summed E-state index contributed by atoms with van der Waals surface area (Å²) in [5.74, 6) is 1.16. The molecule has 0 radical (unpaired) electrons. The lowest BCUT2D eigenvalue weighted by Crippen LogP contribution is -2.42. The molecule has 1 atom stereocenters. The highest BCUT2D eigenvalue weighted by molar-refractivity contribution is 6.08. The molecule has 0 spiro atoms. The van der Waals surface area contributed by atoms with Gasteiger partial charge < -0.3 is 14.4 Å². The molecule has 0 saturated carbocycles. The number of methoxy groups -OCH3 is 1. The molecule has 0 fully saturated rings. The van der Waals surface area contributed by atoms with Crippen LogP contribution < -0.4 is 14.4 Å². The second-order valence-corrected chi connectivity index (χ2v) is 5.96. The van der Waals surface area contributed by atoms with E-state index in [1.54, 1.807) is 42.1 Å². The van der Waals surface area contributed by atoms with E-state index in [1.807, 2.05) is 19.1 Å². The van der Waals surface area contributed by atoms with Crippen LogP contribution in [0, 0.1) is 0 Å². The summed E-state index contributed by atoms with van der Waals surface area (Å²) in [6, 6.07) is 7.13. The molecule has 1 aromatic carbocycles. The molecule has 8 heteroatoms. The molecular formula is C17H17N5O3. The zero-order valence-electron chi connectivity index (χ0n) is 14.1. The Hall–Kier alpha value is -3.16. The van der Waals surface area contributed by atoms with E-state index in [2.05, 4.69) is 15.3 Å². The van der Waals surface area contributed by atoms with Gasteiger partial charge in [-0.2, -0.15) is 0 Å². The van der Waals surface area contributed by atoms with Gasteiger partial charge in [0.05, 0.1) is 24.9 Å². The Balaban J connectivity index is 1.76. The van der Waals surface area contributed by atoms with E-state index in [-0.39, 0.29) is 12.0 Å². The molecule has 1 aliphatic heterocycles. The number of hydrogen-bond donors (Lipinski definition) is 0. The number of carbonyl (C=O) groups excluding carboxylic acids is 1. The second kappa shape index (κ2) is 5.73. The molecule has 4 rings (SSSR count). The van der Waals surface area contributed by atoms with Crippen molar-refractivity contribution in [2.75, 3.05) is 18.6 Å². The van der Waals surface area contributed by atoms with Gasteiger partial charge in [0.15, 0.2) is 5.65 Å². The van der Waals surface area contributed by atoms with Crippen molar-refractivity contribution in [3.63, 3.8) is 0 Å². The highest BCUT2D eigenvalue weighted by Gasteiger charge is 2.29. The van der Waals surface area contributed by atoms with Crippen molar-refractivity contribution in [1.82, 2.24) is 20.0 Å². The first-order chi connectivity index (χ1) is 12.1. The van der Waals surface area contributed by atoms with Crippen LogP contribution >= 0.6 is 0 Å². The second-order valence-electron chi connectivity index (χ2n) is 5.96. The number of nitrogens with zero attached hydrogens (tertiary/aromatic N) is 5. The summed E-state index contributed by atoms with van der Waals surface area (Å²) in [4.78, 5) is 19.1. The van der Waals surface area contributed by atoms with Gasteiger partial charge in [0.2, 0.25) is 0 Å². The lowest BCUT2D eigenvalue weighted by Gasteiger charge is -2.33. The maximum absolute atomic E-state index is 13.1. The zero-order chi connectivity index (χ0) is 17.6. The van der Waals surface area contributed by atoms with Crippen molar-refractivity contribution < 1.29 is 14.3 Å². The third-order valence-corrected chi connectivity index (χ3v) is 4.16. The van der Waals surface area contributed by atoms with Gasteiger partial charge in [-0.25, -0.2) is 9.67 Å². The predicted molar refractivity (Wildman–Crippen MR) is 91.1 cm³/mol. The van der Waals surface area contributed by atoms with E-state index < -0.39 is 0 Å². The first kappa shape index (κ1) is 15.4. The number of carbonyl (C=O) groups is 1. The fraction of sp³-hybridized carbons (Fsp3) is 0.294. The van der Waals surface area contributed by atoms with Crippen molar-refractivity contribution in [3.8, 4) is 11.5 Å². The number of aryl methyl sites for hydroxylation is 1. The third kappa shape index (κ3) is 2.55. The monoisotopic (exact) mass is 339 g/mol. The zero-order valence-corrected chi connectivity index (χ0v) is 14.1. The molecule has 3 heterocycles. The molecule has 0 N–H and O–H groups in total. The van der Waals surface area contributed by atoms with E-state index in [1.165, 1.54) is 0 Å². The molecular weight excluding hydrogens is 322 g/mol. The number of benzene rings is 1. The Morgan fingerprint density at radius 1 is 1.36 bits per heavy atom. The van der Waals surface area contributed by atoms with Crippen LogP contribution in [0.3, 0.4) is 0 Å². The maximum atomic E-state index is 13.1. The Labute approximate surface area is 144 Å². The topological polar surface area (TPSA) is 82.4 Å². The van der Waals surface area contributed by atoms with Gasteiger partial charge in [0.25, 0.3) is 5.91 Å². The summed E-state index contributed by atoms with van der Waals surface area (Å²) < 4.78 is 12.7. The minimum atomic E-state index is -0.162. The van der Waals surface area contributed by atoms with Crippen LogP contribution in [-0.2, 0) is 7.05 Å². The average Bonchev–Trinajstić information content (AvgIpc) is 3.00. The highest BCUT2D eigenvalue weighted by Crippen LogP contribution is 2.37. The largest absolute Gasteiger partial charge is 0.497 e. The van der Waals surface area contributed by atoms with Crippen molar-refractivity contribution in [1.29, 1.82) is 0 Å². The Kier molecular flexibility index (Phi) is 3.52. The lowest BCUT2D eigenvalue weighted by molar-refractivity contribution is 0.0961. The van der Waals surface area contributed by atoms with Crippen molar-refractivity contribution >= 4 is 22.8 Å². The molecule has 2 aromatic heterocycles. The molecule has 1 unspecified atom stereocenters. The maximum Gasteiger partial charge on any atom is 0.260 e. The predicted octanol–water partition coefficient (Wildman–Crippen LogP) is 1.80. The minimum Gasteiger partial charge on any atom is -0.497 e. The van der Waals surface area contributed by atoms with E-state index in [0.29, 0.717) is 40.5 Å². The molecule has 1 aliphatic rings. The van der Waals surface area contributed by atoms with Crippen LogP contribution in [0.25, 0.3) is 11.2 Å². The molecule has 25 heavy (non-hydrogen) atoms. The van der Waals surface area contributed by atoms with Crippen LogP contribution in [0.5, 0.6) is 11.5 Å². The van der Waals surface area contributed by atoms with E-state index in [4.69, 9.17) is 9.47 Å². The Bertz CT molecular complexity index is 968. The van der Waals surface area contributed by atoms with E-state index >= 15 is 0 Å². The molecule has 8 nitrogen and oxygen atoms in total. The third-order valence-electron chi connectivity index (χ3n) is 4.16. The van der Waals surface area contributed by atoms with Crippen LogP contribution in [0.1, 0.15) is 17.3 Å². The summed E-state index contributed by atoms with van der Waals surface area (Å²) in [6.45, 7) is 2.37. The average molecular weight is 339 g/mol. The highest BCUT2D eigenvalue weighted by atomic mass is 16.5. The van der Waals surface area contributed by atoms with Crippen molar-refractivity contribution in [2.45, 2.75) is 13.0 Å². The fourth-order valence-corrected chi connectivity index (χ4v) is 2.94. The summed E-state index contributed by atoms with van der Waals surface area (Å²) >= 11 is 0. The van der Waals surface area contributed by atoms with Gasteiger partial charge in [0, 0.05) is 19.3 Å².